The second-order valence-corrected chi connectivity index (χ2v) is 8.87. The molecule has 0 saturated carbocycles. The number of hydrogen-bond acceptors (Lipinski definition) is 5. The molecule has 0 amide bonds. The van der Waals surface area contributed by atoms with Gasteiger partial charge in [-0.05, 0) is 47.9 Å². The molecule has 2 aliphatic rings. The highest BCUT2D eigenvalue weighted by atomic mass is 79.9. The molecule has 5 nitrogen and oxygen atoms in total. The van der Waals surface area contributed by atoms with E-state index in [0.29, 0.717) is 5.75 Å². The zero-order valence-corrected chi connectivity index (χ0v) is 19.9. The first-order valence-corrected chi connectivity index (χ1v) is 11.5. The molecule has 0 spiro atoms. The zero-order chi connectivity index (χ0) is 22.2. The maximum absolute atomic E-state index is 6.50. The van der Waals surface area contributed by atoms with Gasteiger partial charge in [0.15, 0.2) is 0 Å². The summed E-state index contributed by atoms with van der Waals surface area (Å²) in [4.78, 5) is 0. The van der Waals surface area contributed by atoms with Gasteiger partial charge in [0.2, 0.25) is 6.23 Å². The van der Waals surface area contributed by atoms with Gasteiger partial charge in [0, 0.05) is 22.5 Å². The van der Waals surface area contributed by atoms with Crippen LogP contribution in [0.5, 0.6) is 17.2 Å². The lowest BCUT2D eigenvalue weighted by molar-refractivity contribution is -0.0204. The Morgan fingerprint density at radius 2 is 1.81 bits per heavy atom. The van der Waals surface area contributed by atoms with Crippen molar-refractivity contribution >= 4 is 21.6 Å². The second kappa shape index (κ2) is 8.51. The lowest BCUT2D eigenvalue weighted by Gasteiger charge is -2.38. The van der Waals surface area contributed by atoms with Crippen LogP contribution in [0.2, 0.25) is 0 Å². The Balaban J connectivity index is 1.60. The number of ether oxygens (including phenoxy) is 3. The molecule has 3 aromatic carbocycles. The third-order valence-corrected chi connectivity index (χ3v) is 6.65. The van der Waals surface area contributed by atoms with E-state index < -0.39 is 6.23 Å². The summed E-state index contributed by atoms with van der Waals surface area (Å²) in [6.45, 7) is 2.17. The standard InChI is InChI=1S/C26H25BrN2O3/c1-4-16-5-7-17(8-6-16)22-15-23-21-13-18(27)9-12-24(21)32-26(29(23)28-22)20-11-10-19(30-2)14-25(20)31-3/h5-14,23,26H,4,15H2,1-3H3/t23-,26-/m1/s1. The van der Waals surface area contributed by atoms with Crippen LogP contribution in [-0.2, 0) is 6.42 Å². The summed E-state index contributed by atoms with van der Waals surface area (Å²) in [7, 11) is 3.31. The molecule has 0 saturated heterocycles. The van der Waals surface area contributed by atoms with E-state index in [-0.39, 0.29) is 6.04 Å². The molecule has 0 aromatic heterocycles. The van der Waals surface area contributed by atoms with Crippen LogP contribution in [-0.4, -0.2) is 24.9 Å². The Labute approximate surface area is 196 Å². The van der Waals surface area contributed by atoms with E-state index in [9.17, 15) is 0 Å². The van der Waals surface area contributed by atoms with Crippen molar-refractivity contribution in [1.82, 2.24) is 5.01 Å². The molecule has 0 fully saturated rings. The molecule has 5 rings (SSSR count). The van der Waals surface area contributed by atoms with E-state index in [4.69, 9.17) is 19.3 Å². The van der Waals surface area contributed by atoms with Crippen LogP contribution in [0.25, 0.3) is 0 Å². The number of halogens is 1. The fourth-order valence-electron chi connectivity index (χ4n) is 4.39. The molecule has 2 heterocycles. The van der Waals surface area contributed by atoms with Gasteiger partial charge in [-0.15, -0.1) is 0 Å². The molecular formula is C26H25BrN2O3. The minimum absolute atomic E-state index is 0.0777. The van der Waals surface area contributed by atoms with Crippen LogP contribution in [0.15, 0.2) is 70.2 Å². The topological polar surface area (TPSA) is 43.3 Å². The van der Waals surface area contributed by atoms with E-state index in [1.54, 1.807) is 14.2 Å². The van der Waals surface area contributed by atoms with Gasteiger partial charge in [0.1, 0.15) is 17.2 Å². The predicted molar refractivity (Wildman–Crippen MR) is 129 cm³/mol. The highest BCUT2D eigenvalue weighted by Crippen LogP contribution is 2.49. The Hall–Kier alpha value is -2.99. The van der Waals surface area contributed by atoms with Crippen LogP contribution < -0.4 is 14.2 Å². The maximum atomic E-state index is 6.50. The molecule has 0 aliphatic carbocycles. The average Bonchev–Trinajstić information content (AvgIpc) is 3.29. The lowest BCUT2D eigenvalue weighted by atomic mass is 9.95. The maximum Gasteiger partial charge on any atom is 0.217 e. The first kappa shape index (κ1) is 20.9. The molecule has 32 heavy (non-hydrogen) atoms. The van der Waals surface area contributed by atoms with Crippen molar-refractivity contribution in [2.45, 2.75) is 32.0 Å². The van der Waals surface area contributed by atoms with Gasteiger partial charge < -0.3 is 14.2 Å². The molecule has 6 heteroatoms. The number of fused-ring (bicyclic) bond motifs is 3. The number of methoxy groups -OCH3 is 2. The molecule has 0 unspecified atom stereocenters. The fourth-order valence-corrected chi connectivity index (χ4v) is 4.77. The third kappa shape index (κ3) is 3.62. The van der Waals surface area contributed by atoms with E-state index in [0.717, 1.165) is 51.2 Å². The first-order valence-electron chi connectivity index (χ1n) is 10.7. The van der Waals surface area contributed by atoms with Gasteiger partial charge in [-0.25, -0.2) is 5.01 Å². The Morgan fingerprint density at radius 3 is 2.53 bits per heavy atom. The molecule has 2 atom stereocenters. The van der Waals surface area contributed by atoms with Crippen molar-refractivity contribution in [2.24, 2.45) is 5.10 Å². The minimum Gasteiger partial charge on any atom is -0.497 e. The van der Waals surface area contributed by atoms with Crippen molar-refractivity contribution in [3.05, 3.63) is 87.4 Å². The number of hydrogen-bond donors (Lipinski definition) is 0. The second-order valence-electron chi connectivity index (χ2n) is 7.96. The number of rotatable bonds is 5. The van der Waals surface area contributed by atoms with Crippen molar-refractivity contribution in [3.63, 3.8) is 0 Å². The van der Waals surface area contributed by atoms with E-state index >= 15 is 0 Å². The van der Waals surface area contributed by atoms with E-state index in [2.05, 4.69) is 58.2 Å². The summed E-state index contributed by atoms with van der Waals surface area (Å²) >= 11 is 3.62. The molecule has 164 valence electrons. The number of benzene rings is 3. The van der Waals surface area contributed by atoms with Crippen LogP contribution in [0.4, 0.5) is 0 Å². The Morgan fingerprint density at radius 1 is 1.00 bits per heavy atom. The van der Waals surface area contributed by atoms with Crippen LogP contribution >= 0.6 is 15.9 Å². The summed E-state index contributed by atoms with van der Waals surface area (Å²) in [5.74, 6) is 2.32. The number of hydrazone groups is 1. The minimum atomic E-state index is -0.401. The SMILES string of the molecule is CCc1ccc(C2=NN3[C@H](C2)c2cc(Br)ccc2O[C@@H]3c2ccc(OC)cc2OC)cc1. The van der Waals surface area contributed by atoms with Crippen LogP contribution in [0.1, 0.15) is 47.9 Å². The monoisotopic (exact) mass is 492 g/mol. The molecule has 2 aliphatic heterocycles. The van der Waals surface area contributed by atoms with Gasteiger partial charge in [-0.2, -0.15) is 5.10 Å². The fraction of sp³-hybridized carbons (Fsp3) is 0.269. The third-order valence-electron chi connectivity index (χ3n) is 6.15. The molecule has 0 bridgehead atoms. The van der Waals surface area contributed by atoms with Gasteiger partial charge in [0.05, 0.1) is 31.5 Å². The Bertz CT molecular complexity index is 1180. The van der Waals surface area contributed by atoms with E-state index in [1.165, 1.54) is 5.56 Å². The molecule has 0 radical (unpaired) electrons. The Kier molecular flexibility index (Phi) is 5.55. The van der Waals surface area contributed by atoms with Gasteiger partial charge in [0.25, 0.3) is 0 Å². The predicted octanol–water partition coefficient (Wildman–Crippen LogP) is 6.27. The molecular weight excluding hydrogens is 468 g/mol. The summed E-state index contributed by atoms with van der Waals surface area (Å²) < 4.78 is 18.6. The lowest BCUT2D eigenvalue weighted by Crippen LogP contribution is -2.34. The van der Waals surface area contributed by atoms with Gasteiger partial charge in [-0.1, -0.05) is 47.1 Å². The summed E-state index contributed by atoms with van der Waals surface area (Å²) in [5, 5.41) is 7.13. The summed E-state index contributed by atoms with van der Waals surface area (Å²) in [6.07, 6.45) is 1.44. The van der Waals surface area contributed by atoms with Crippen molar-refractivity contribution < 1.29 is 14.2 Å². The van der Waals surface area contributed by atoms with Crippen molar-refractivity contribution in [2.75, 3.05) is 14.2 Å². The van der Waals surface area contributed by atoms with E-state index in [1.807, 2.05) is 30.3 Å². The van der Waals surface area contributed by atoms with Gasteiger partial charge in [-0.3, -0.25) is 0 Å². The highest BCUT2D eigenvalue weighted by Gasteiger charge is 2.42. The quantitative estimate of drug-likeness (QED) is 0.420. The van der Waals surface area contributed by atoms with Crippen molar-refractivity contribution in [1.29, 1.82) is 0 Å². The number of nitrogens with zero attached hydrogens (tertiary/aromatic N) is 2. The molecule has 0 N–H and O–H groups in total. The average molecular weight is 493 g/mol. The normalized spacial score (nSPS) is 19.0. The summed E-state index contributed by atoms with van der Waals surface area (Å²) in [6, 6.07) is 20.7. The summed E-state index contributed by atoms with van der Waals surface area (Å²) in [5.41, 5.74) is 5.58. The van der Waals surface area contributed by atoms with Gasteiger partial charge >= 0.3 is 0 Å². The first-order chi connectivity index (χ1) is 15.6. The largest absolute Gasteiger partial charge is 0.497 e. The zero-order valence-electron chi connectivity index (χ0n) is 18.3. The highest BCUT2D eigenvalue weighted by molar-refractivity contribution is 9.10. The smallest absolute Gasteiger partial charge is 0.217 e. The van der Waals surface area contributed by atoms with Crippen LogP contribution in [0, 0.1) is 0 Å². The van der Waals surface area contributed by atoms with Crippen molar-refractivity contribution in [3.8, 4) is 17.2 Å². The molecule has 3 aromatic rings. The van der Waals surface area contributed by atoms with Crippen LogP contribution in [0.3, 0.4) is 0 Å². The number of aryl methyl sites for hydroxylation is 1.